The standard InChI is InChI=1S/C22H22N2O3/c1-14-7-5-9-16-20(14)17(15-8-3-4-11-19(15)27-2)13-23-21(16)24-12-6-10-18(24)22(25)26/h3-5,7-9,11,13,18H,6,10,12H2,1-2H3,(H,25,26). The van der Waals surface area contributed by atoms with E-state index in [2.05, 4.69) is 13.0 Å². The van der Waals surface area contributed by atoms with E-state index in [0.717, 1.165) is 45.5 Å². The maximum Gasteiger partial charge on any atom is 0.326 e. The number of nitrogens with zero attached hydrogens (tertiary/aromatic N) is 2. The molecule has 1 saturated heterocycles. The normalized spacial score (nSPS) is 16.7. The van der Waals surface area contributed by atoms with Crippen molar-refractivity contribution in [3.63, 3.8) is 0 Å². The highest BCUT2D eigenvalue weighted by atomic mass is 16.5. The number of carbonyl (C=O) groups is 1. The lowest BCUT2D eigenvalue weighted by Crippen LogP contribution is -2.36. The van der Waals surface area contributed by atoms with Gasteiger partial charge in [0.15, 0.2) is 0 Å². The van der Waals surface area contributed by atoms with Crippen molar-refractivity contribution in [2.24, 2.45) is 0 Å². The summed E-state index contributed by atoms with van der Waals surface area (Å²) in [5.74, 6) is 0.752. The lowest BCUT2D eigenvalue weighted by molar-refractivity contribution is -0.138. The van der Waals surface area contributed by atoms with Crippen molar-refractivity contribution in [1.29, 1.82) is 0 Å². The minimum Gasteiger partial charge on any atom is -0.496 e. The number of pyridine rings is 1. The molecule has 0 aliphatic carbocycles. The molecule has 1 N–H and O–H groups in total. The Balaban J connectivity index is 1.96. The van der Waals surface area contributed by atoms with Crippen LogP contribution in [-0.2, 0) is 4.79 Å². The van der Waals surface area contributed by atoms with Gasteiger partial charge in [-0.15, -0.1) is 0 Å². The van der Waals surface area contributed by atoms with Crippen LogP contribution in [0.15, 0.2) is 48.7 Å². The highest BCUT2D eigenvalue weighted by Crippen LogP contribution is 2.40. The molecule has 3 aromatic rings. The summed E-state index contributed by atoms with van der Waals surface area (Å²) >= 11 is 0. The summed E-state index contributed by atoms with van der Waals surface area (Å²) < 4.78 is 5.55. The van der Waals surface area contributed by atoms with Gasteiger partial charge in [0, 0.05) is 29.3 Å². The monoisotopic (exact) mass is 362 g/mol. The molecule has 0 bridgehead atoms. The molecule has 0 amide bonds. The van der Waals surface area contributed by atoms with E-state index in [4.69, 9.17) is 9.72 Å². The molecule has 27 heavy (non-hydrogen) atoms. The first-order chi connectivity index (χ1) is 13.1. The number of aromatic nitrogens is 1. The molecule has 5 heteroatoms. The van der Waals surface area contributed by atoms with Gasteiger partial charge in [-0.2, -0.15) is 0 Å². The summed E-state index contributed by atoms with van der Waals surface area (Å²) in [7, 11) is 1.66. The van der Waals surface area contributed by atoms with E-state index >= 15 is 0 Å². The first-order valence-electron chi connectivity index (χ1n) is 9.13. The summed E-state index contributed by atoms with van der Waals surface area (Å²) in [6.07, 6.45) is 3.36. The zero-order chi connectivity index (χ0) is 19.0. The molecule has 0 spiro atoms. The number of methoxy groups -OCH3 is 1. The van der Waals surface area contributed by atoms with Gasteiger partial charge in [0.05, 0.1) is 7.11 Å². The van der Waals surface area contributed by atoms with Gasteiger partial charge in [0.25, 0.3) is 0 Å². The smallest absolute Gasteiger partial charge is 0.326 e. The zero-order valence-electron chi connectivity index (χ0n) is 15.5. The SMILES string of the molecule is COc1ccccc1-c1cnc(N2CCCC2C(=O)O)c2cccc(C)c12. The Kier molecular flexibility index (Phi) is 4.44. The van der Waals surface area contributed by atoms with Gasteiger partial charge in [-0.05, 0) is 36.8 Å². The van der Waals surface area contributed by atoms with Gasteiger partial charge in [-0.1, -0.05) is 36.4 Å². The average Bonchev–Trinajstić information content (AvgIpc) is 3.17. The van der Waals surface area contributed by atoms with E-state index < -0.39 is 12.0 Å². The van der Waals surface area contributed by atoms with Crippen LogP contribution in [0.1, 0.15) is 18.4 Å². The maximum atomic E-state index is 11.7. The third-order valence-corrected chi connectivity index (χ3v) is 5.31. The molecule has 138 valence electrons. The molecule has 1 fully saturated rings. The Hall–Kier alpha value is -3.08. The number of carboxylic acid groups (broad SMARTS) is 1. The average molecular weight is 362 g/mol. The van der Waals surface area contributed by atoms with Crippen LogP contribution >= 0.6 is 0 Å². The van der Waals surface area contributed by atoms with Crippen molar-refractivity contribution in [2.45, 2.75) is 25.8 Å². The minimum atomic E-state index is -0.788. The number of aliphatic carboxylic acids is 1. The van der Waals surface area contributed by atoms with Crippen molar-refractivity contribution in [3.8, 4) is 16.9 Å². The third kappa shape index (κ3) is 2.89. The van der Waals surface area contributed by atoms with Crippen LogP contribution in [0.4, 0.5) is 5.82 Å². The molecular formula is C22H22N2O3. The predicted octanol–water partition coefficient (Wildman–Crippen LogP) is 4.27. The summed E-state index contributed by atoms with van der Waals surface area (Å²) in [5.41, 5.74) is 3.10. The largest absolute Gasteiger partial charge is 0.496 e. The number of hydrogen-bond acceptors (Lipinski definition) is 4. The lowest BCUT2D eigenvalue weighted by Gasteiger charge is -2.25. The van der Waals surface area contributed by atoms with Crippen molar-refractivity contribution >= 4 is 22.6 Å². The Morgan fingerprint density at radius 2 is 2.00 bits per heavy atom. The summed E-state index contributed by atoms with van der Waals surface area (Å²) in [6, 6.07) is 13.5. The predicted molar refractivity (Wildman–Crippen MR) is 106 cm³/mol. The second kappa shape index (κ2) is 6.91. The van der Waals surface area contributed by atoms with Crippen LogP contribution in [0.2, 0.25) is 0 Å². The number of rotatable bonds is 4. The Morgan fingerprint density at radius 1 is 1.19 bits per heavy atom. The molecule has 5 nitrogen and oxygen atoms in total. The number of ether oxygens (including phenoxy) is 1. The fourth-order valence-electron chi connectivity index (χ4n) is 4.05. The Bertz CT molecular complexity index is 1020. The molecule has 1 atom stereocenters. The first kappa shape index (κ1) is 17.3. The van der Waals surface area contributed by atoms with Gasteiger partial charge in [-0.25, -0.2) is 9.78 Å². The highest BCUT2D eigenvalue weighted by molar-refractivity contribution is 6.05. The zero-order valence-corrected chi connectivity index (χ0v) is 15.5. The maximum absolute atomic E-state index is 11.7. The Morgan fingerprint density at radius 3 is 2.78 bits per heavy atom. The molecule has 0 radical (unpaired) electrons. The summed E-state index contributed by atoms with van der Waals surface area (Å²) in [6.45, 7) is 2.78. The van der Waals surface area contributed by atoms with Gasteiger partial charge >= 0.3 is 5.97 Å². The third-order valence-electron chi connectivity index (χ3n) is 5.31. The number of aryl methyl sites for hydroxylation is 1. The van der Waals surface area contributed by atoms with Crippen molar-refractivity contribution in [3.05, 3.63) is 54.2 Å². The molecule has 1 aromatic heterocycles. The van der Waals surface area contributed by atoms with Gasteiger partial charge in [-0.3, -0.25) is 0 Å². The fourth-order valence-corrected chi connectivity index (χ4v) is 4.05. The van der Waals surface area contributed by atoms with E-state index in [1.807, 2.05) is 47.5 Å². The van der Waals surface area contributed by atoms with Crippen LogP contribution < -0.4 is 9.64 Å². The van der Waals surface area contributed by atoms with Crippen LogP contribution in [0.3, 0.4) is 0 Å². The van der Waals surface area contributed by atoms with Gasteiger partial charge in [0.2, 0.25) is 0 Å². The number of fused-ring (bicyclic) bond motifs is 1. The van der Waals surface area contributed by atoms with Gasteiger partial charge < -0.3 is 14.7 Å². The number of benzene rings is 2. The van der Waals surface area contributed by atoms with E-state index in [-0.39, 0.29) is 0 Å². The molecule has 2 aromatic carbocycles. The minimum absolute atomic E-state index is 0.515. The van der Waals surface area contributed by atoms with Crippen LogP contribution in [0.25, 0.3) is 21.9 Å². The van der Waals surface area contributed by atoms with Gasteiger partial charge in [0.1, 0.15) is 17.6 Å². The fraction of sp³-hybridized carbons (Fsp3) is 0.273. The van der Waals surface area contributed by atoms with Crippen LogP contribution in [-0.4, -0.2) is 35.8 Å². The quantitative estimate of drug-likeness (QED) is 0.751. The van der Waals surface area contributed by atoms with Crippen LogP contribution in [0, 0.1) is 6.92 Å². The number of hydrogen-bond donors (Lipinski definition) is 1. The van der Waals surface area contributed by atoms with E-state index in [1.54, 1.807) is 7.11 Å². The molecule has 4 rings (SSSR count). The van der Waals surface area contributed by atoms with E-state index in [0.29, 0.717) is 13.0 Å². The number of anilines is 1. The van der Waals surface area contributed by atoms with Crippen molar-refractivity contribution < 1.29 is 14.6 Å². The second-order valence-corrected chi connectivity index (χ2v) is 6.88. The lowest BCUT2D eigenvalue weighted by atomic mass is 9.96. The number of carboxylic acids is 1. The Labute approximate surface area is 158 Å². The van der Waals surface area contributed by atoms with Crippen LogP contribution in [0.5, 0.6) is 5.75 Å². The molecule has 1 unspecified atom stereocenters. The second-order valence-electron chi connectivity index (χ2n) is 6.88. The topological polar surface area (TPSA) is 62.7 Å². The molecule has 0 saturated carbocycles. The summed E-state index contributed by atoms with van der Waals surface area (Å²) in [4.78, 5) is 18.3. The van der Waals surface area contributed by atoms with E-state index in [9.17, 15) is 9.90 Å². The van der Waals surface area contributed by atoms with Crippen molar-refractivity contribution in [1.82, 2.24) is 4.98 Å². The molecular weight excluding hydrogens is 340 g/mol. The van der Waals surface area contributed by atoms with E-state index in [1.165, 1.54) is 0 Å². The first-order valence-corrected chi connectivity index (χ1v) is 9.13. The molecule has 2 heterocycles. The molecule has 1 aliphatic heterocycles. The highest BCUT2D eigenvalue weighted by Gasteiger charge is 2.32. The summed E-state index contributed by atoms with van der Waals surface area (Å²) in [5, 5.41) is 11.7. The molecule has 1 aliphatic rings. The number of para-hydroxylation sites is 1. The van der Waals surface area contributed by atoms with Crippen molar-refractivity contribution in [2.75, 3.05) is 18.6 Å².